The van der Waals surface area contributed by atoms with Gasteiger partial charge in [-0.3, -0.25) is 4.79 Å². The number of carbonyl (C=O) groups is 4. The fraction of sp³-hybridized carbons (Fsp3) is 0.878. The van der Waals surface area contributed by atoms with Gasteiger partial charge in [-0.05, 0) is 152 Å². The smallest absolute Gasteiger partial charge is 0.408 e. The Hall–Kier alpha value is -2.86. The summed E-state index contributed by atoms with van der Waals surface area (Å²) in [7, 11) is 0. The predicted octanol–water partition coefficient (Wildman–Crippen LogP) is 9.68. The zero-order valence-corrected chi connectivity index (χ0v) is 40.0. The summed E-state index contributed by atoms with van der Waals surface area (Å²) >= 11 is 0. The van der Waals surface area contributed by atoms with E-state index in [-0.39, 0.29) is 56.4 Å². The lowest BCUT2D eigenvalue weighted by Crippen LogP contribution is -2.51. The number of unbranched alkanes of at least 4 members (excludes halogenated alkanes) is 1. The molecule has 0 aromatic rings. The lowest BCUT2D eigenvalue weighted by Gasteiger charge is -2.58. The molecule has 0 aromatic heterocycles. The third-order valence-corrected chi connectivity index (χ3v) is 14.3. The molecular weight excluding hydrogens is 775 g/mol. The molecule has 4 rings (SSSR count). The second-order valence-corrected chi connectivity index (χ2v) is 21.7. The van der Waals surface area contributed by atoms with Crippen molar-refractivity contribution in [3.63, 3.8) is 0 Å². The van der Waals surface area contributed by atoms with Gasteiger partial charge in [0.15, 0.2) is 0 Å². The standard InChI is InChI=1S/C49H85N3O9/c1-33(2)15-14-16-34(3)38-20-21-39-37-19-18-35-31-36(22-24-48(35,10)40(37)23-25-49(38,39)11)59-42(53)32-58-30-29-57-28-27-50-43(54)41(52-45(56)61-47(7,8)9)17-12-13-26-51-44(55)60-46(4,5)6/h18,33-34,36-41H,12-17,19-32H2,1-11H3,(H,50,54)(H,51,55)(H,52,56). The highest BCUT2D eigenvalue weighted by atomic mass is 16.6. The fourth-order valence-electron chi connectivity index (χ4n) is 11.4. The third-order valence-electron chi connectivity index (χ3n) is 14.3. The van der Waals surface area contributed by atoms with Gasteiger partial charge in [0.1, 0.15) is 30.0 Å². The molecule has 12 heteroatoms. The number of hydrogen-bond acceptors (Lipinski definition) is 9. The van der Waals surface area contributed by atoms with Crippen molar-refractivity contribution in [2.75, 3.05) is 39.5 Å². The van der Waals surface area contributed by atoms with Gasteiger partial charge in [0.25, 0.3) is 0 Å². The van der Waals surface area contributed by atoms with Crippen molar-refractivity contribution in [1.29, 1.82) is 0 Å². The molecule has 3 amide bonds. The number of carbonyl (C=O) groups excluding carboxylic acids is 4. The van der Waals surface area contributed by atoms with Crippen molar-refractivity contribution in [3.05, 3.63) is 11.6 Å². The second-order valence-electron chi connectivity index (χ2n) is 21.7. The number of esters is 1. The van der Waals surface area contributed by atoms with Crippen molar-refractivity contribution < 1.29 is 42.9 Å². The Morgan fingerprint density at radius 2 is 1.46 bits per heavy atom. The fourth-order valence-corrected chi connectivity index (χ4v) is 11.4. The van der Waals surface area contributed by atoms with Gasteiger partial charge in [0, 0.05) is 19.5 Å². The Balaban J connectivity index is 1.12. The highest BCUT2D eigenvalue weighted by Gasteiger charge is 2.59. The predicted molar refractivity (Wildman–Crippen MR) is 239 cm³/mol. The summed E-state index contributed by atoms with van der Waals surface area (Å²) in [6.07, 6.45) is 16.3. The molecule has 12 nitrogen and oxygen atoms in total. The van der Waals surface area contributed by atoms with E-state index in [9.17, 15) is 19.2 Å². The van der Waals surface area contributed by atoms with Crippen LogP contribution in [0.15, 0.2) is 11.6 Å². The first kappa shape index (κ1) is 50.8. The summed E-state index contributed by atoms with van der Waals surface area (Å²) in [5.41, 5.74) is 0.895. The minimum Gasteiger partial charge on any atom is -0.460 e. The van der Waals surface area contributed by atoms with Crippen LogP contribution in [0.4, 0.5) is 9.59 Å². The summed E-state index contributed by atoms with van der Waals surface area (Å²) in [6, 6.07) is -0.823. The van der Waals surface area contributed by atoms with E-state index in [1.54, 1.807) is 41.5 Å². The largest absolute Gasteiger partial charge is 0.460 e. The van der Waals surface area contributed by atoms with E-state index < -0.39 is 29.4 Å². The first-order chi connectivity index (χ1) is 28.6. The quantitative estimate of drug-likeness (QED) is 0.0444. The van der Waals surface area contributed by atoms with Crippen LogP contribution in [0.5, 0.6) is 0 Å². The molecule has 0 aromatic carbocycles. The van der Waals surface area contributed by atoms with Crippen LogP contribution in [-0.4, -0.2) is 86.9 Å². The average molecular weight is 860 g/mol. The van der Waals surface area contributed by atoms with Crippen LogP contribution >= 0.6 is 0 Å². The zero-order chi connectivity index (χ0) is 45.0. The van der Waals surface area contributed by atoms with Gasteiger partial charge in [-0.25, -0.2) is 14.4 Å². The summed E-state index contributed by atoms with van der Waals surface area (Å²) in [6.45, 7) is 24.2. The number of hydrogen-bond donors (Lipinski definition) is 3. The van der Waals surface area contributed by atoms with Crippen LogP contribution in [0.1, 0.15) is 166 Å². The molecule has 0 saturated heterocycles. The summed E-state index contributed by atoms with van der Waals surface area (Å²) in [4.78, 5) is 50.2. The molecule has 61 heavy (non-hydrogen) atoms. The lowest BCUT2D eigenvalue weighted by molar-refractivity contribution is -0.157. The maximum absolute atomic E-state index is 13.0. The highest BCUT2D eigenvalue weighted by molar-refractivity contribution is 5.85. The van der Waals surface area contributed by atoms with Crippen molar-refractivity contribution >= 4 is 24.1 Å². The number of rotatable bonds is 21. The van der Waals surface area contributed by atoms with Crippen molar-refractivity contribution in [2.24, 2.45) is 46.3 Å². The van der Waals surface area contributed by atoms with Crippen molar-refractivity contribution in [3.8, 4) is 0 Å². The number of amides is 3. The topological polar surface area (TPSA) is 151 Å². The van der Waals surface area contributed by atoms with Gasteiger partial charge < -0.3 is 39.6 Å². The van der Waals surface area contributed by atoms with Gasteiger partial charge in [0.2, 0.25) is 5.91 Å². The SMILES string of the molecule is CC(C)CCCC(C)C1CCC2C3CC=C4CC(OC(=O)COCCOCCNC(=O)C(CCCCNC(=O)OC(C)(C)C)NC(=O)OC(C)(C)C)CCC4(C)C3CCC12C. The van der Waals surface area contributed by atoms with Gasteiger partial charge in [0.05, 0.1) is 19.8 Å². The third kappa shape index (κ3) is 15.4. The van der Waals surface area contributed by atoms with E-state index in [2.05, 4.69) is 56.6 Å². The molecule has 9 unspecified atom stereocenters. The van der Waals surface area contributed by atoms with Crippen LogP contribution in [0.2, 0.25) is 0 Å². The number of allylic oxidation sites excluding steroid dienone is 1. The monoisotopic (exact) mass is 860 g/mol. The molecule has 0 bridgehead atoms. The van der Waals surface area contributed by atoms with E-state index >= 15 is 0 Å². The van der Waals surface area contributed by atoms with Crippen LogP contribution < -0.4 is 16.0 Å². The van der Waals surface area contributed by atoms with E-state index in [4.69, 9.17) is 23.7 Å². The minimum atomic E-state index is -0.823. The van der Waals surface area contributed by atoms with E-state index in [0.29, 0.717) is 31.2 Å². The molecule has 9 atom stereocenters. The molecule has 4 aliphatic carbocycles. The van der Waals surface area contributed by atoms with Gasteiger partial charge in [-0.1, -0.05) is 65.5 Å². The normalized spacial score (nSPS) is 28.3. The van der Waals surface area contributed by atoms with E-state index in [1.807, 2.05) is 0 Å². The highest BCUT2D eigenvalue weighted by Crippen LogP contribution is 2.67. The van der Waals surface area contributed by atoms with E-state index in [1.165, 1.54) is 56.9 Å². The summed E-state index contributed by atoms with van der Waals surface area (Å²) < 4.78 is 27.8. The van der Waals surface area contributed by atoms with Gasteiger partial charge >= 0.3 is 18.2 Å². The molecule has 3 N–H and O–H groups in total. The molecule has 0 aliphatic heterocycles. The van der Waals surface area contributed by atoms with Gasteiger partial charge in [-0.15, -0.1) is 0 Å². The van der Waals surface area contributed by atoms with Crippen molar-refractivity contribution in [2.45, 2.75) is 189 Å². The van der Waals surface area contributed by atoms with Crippen LogP contribution in [0, 0.1) is 46.3 Å². The Kier molecular flexibility index (Phi) is 18.9. The Morgan fingerprint density at radius 1 is 0.754 bits per heavy atom. The molecule has 350 valence electrons. The molecule has 4 aliphatic rings. The Labute approximate surface area is 368 Å². The zero-order valence-electron chi connectivity index (χ0n) is 40.0. The molecule has 0 radical (unpaired) electrons. The average Bonchev–Trinajstić information content (AvgIpc) is 3.51. The second kappa shape index (κ2) is 22.7. The number of alkyl carbamates (subject to hydrolysis) is 2. The molecular formula is C49H85N3O9. The minimum absolute atomic E-state index is 0.106. The first-order valence-electron chi connectivity index (χ1n) is 23.9. The van der Waals surface area contributed by atoms with Crippen molar-refractivity contribution in [1.82, 2.24) is 16.0 Å². The number of nitrogens with one attached hydrogen (secondary N) is 3. The molecule has 0 spiro atoms. The number of ether oxygens (including phenoxy) is 5. The molecule has 3 fully saturated rings. The maximum Gasteiger partial charge on any atom is 0.408 e. The maximum atomic E-state index is 13.0. The first-order valence-corrected chi connectivity index (χ1v) is 23.9. The summed E-state index contributed by atoms with van der Waals surface area (Å²) in [5.74, 6) is 4.12. The van der Waals surface area contributed by atoms with Crippen LogP contribution in [-0.2, 0) is 33.3 Å². The summed E-state index contributed by atoms with van der Waals surface area (Å²) in [5, 5.41) is 8.18. The molecule has 3 saturated carbocycles. The Morgan fingerprint density at radius 3 is 2.16 bits per heavy atom. The van der Waals surface area contributed by atoms with Gasteiger partial charge in [-0.2, -0.15) is 0 Å². The van der Waals surface area contributed by atoms with Crippen LogP contribution in [0.25, 0.3) is 0 Å². The number of fused-ring (bicyclic) bond motifs is 5. The lowest BCUT2D eigenvalue weighted by atomic mass is 9.47. The van der Waals surface area contributed by atoms with E-state index in [0.717, 1.165) is 54.8 Å². The molecule has 0 heterocycles. The van der Waals surface area contributed by atoms with Crippen LogP contribution in [0.3, 0.4) is 0 Å². The Bertz CT molecular complexity index is 1470.